The lowest BCUT2D eigenvalue weighted by molar-refractivity contribution is -0.136. The lowest BCUT2D eigenvalue weighted by Gasteiger charge is -2.15. The zero-order valence-electron chi connectivity index (χ0n) is 15.6. The van der Waals surface area contributed by atoms with Crippen molar-refractivity contribution in [1.29, 1.82) is 0 Å². The molecule has 0 aliphatic carbocycles. The Bertz CT molecular complexity index is 946. The minimum Gasteiger partial charge on any atom is -0.466 e. The molecule has 2 aromatic rings. The number of carbonyl (C=O) groups is 2. The number of anilines is 1. The average Bonchev–Trinajstić information content (AvgIpc) is 3.39. The number of aliphatic hydroxyl groups is 1. The monoisotopic (exact) mass is 382 g/mol. The molecule has 0 saturated carbocycles. The van der Waals surface area contributed by atoms with Gasteiger partial charge in [0.2, 0.25) is 0 Å². The van der Waals surface area contributed by atoms with E-state index < -0.39 is 5.97 Å². The van der Waals surface area contributed by atoms with Gasteiger partial charge >= 0.3 is 5.97 Å². The van der Waals surface area contributed by atoms with E-state index in [2.05, 4.69) is 14.9 Å². The number of hydrogen-bond donors (Lipinski definition) is 2. The zero-order valence-corrected chi connectivity index (χ0v) is 15.6. The Morgan fingerprint density at radius 2 is 2.11 bits per heavy atom. The van der Waals surface area contributed by atoms with Crippen molar-refractivity contribution in [2.24, 2.45) is 0 Å². The van der Waals surface area contributed by atoms with E-state index in [0.29, 0.717) is 5.69 Å². The number of aromatic nitrogens is 2. The highest BCUT2D eigenvalue weighted by atomic mass is 16.5. The summed E-state index contributed by atoms with van der Waals surface area (Å²) < 4.78 is 7.03. The number of fused-ring (bicyclic) bond motifs is 1. The molecule has 2 N–H and O–H groups in total. The van der Waals surface area contributed by atoms with Gasteiger partial charge in [0.05, 0.1) is 37.7 Å². The summed E-state index contributed by atoms with van der Waals surface area (Å²) >= 11 is 0. The van der Waals surface area contributed by atoms with Crippen LogP contribution in [0.2, 0.25) is 0 Å². The molecule has 3 heterocycles. The lowest BCUT2D eigenvalue weighted by atomic mass is 10.1. The number of methoxy groups -OCH3 is 1. The van der Waals surface area contributed by atoms with Crippen molar-refractivity contribution in [3.8, 4) is 11.3 Å². The van der Waals surface area contributed by atoms with E-state index in [1.165, 1.54) is 12.0 Å². The Hall–Kier alpha value is -3.13. The number of hydrogen-bond acceptors (Lipinski definition) is 6. The van der Waals surface area contributed by atoms with Gasteiger partial charge in [0.25, 0.3) is 5.91 Å². The average molecular weight is 382 g/mol. The number of imidazole rings is 1. The largest absolute Gasteiger partial charge is 0.466 e. The molecular formula is C20H22N4O4. The van der Waals surface area contributed by atoms with Crippen LogP contribution in [0.5, 0.6) is 0 Å². The van der Waals surface area contributed by atoms with E-state index in [4.69, 9.17) is 9.84 Å². The van der Waals surface area contributed by atoms with Crippen LogP contribution in [0.15, 0.2) is 41.7 Å². The molecule has 0 fully saturated rings. The van der Waals surface area contributed by atoms with E-state index in [1.54, 1.807) is 0 Å². The third-order valence-electron chi connectivity index (χ3n) is 5.12. The van der Waals surface area contributed by atoms with Crippen LogP contribution in [-0.2, 0) is 27.3 Å². The topological polar surface area (TPSA) is 96.7 Å². The highest BCUT2D eigenvalue weighted by molar-refractivity contribution is 6.08. The van der Waals surface area contributed by atoms with Gasteiger partial charge in [-0.15, -0.1) is 0 Å². The van der Waals surface area contributed by atoms with Gasteiger partial charge in [0.1, 0.15) is 11.5 Å². The number of carbonyl (C=O) groups excluding carboxylic acids is 2. The number of benzene rings is 1. The standard InChI is InChI=1S/C20H22N4O4/c1-28-20(27)15-12-23(9-10-25)19(26)18(15)22-14-6-4-13(5-7-14)16-11-21-17-3-2-8-24(16)17/h4-7,11,22,25H,2-3,8-10,12H2,1H3. The van der Waals surface area contributed by atoms with Crippen LogP contribution in [-0.4, -0.2) is 58.2 Å². The van der Waals surface area contributed by atoms with Gasteiger partial charge in [-0.05, 0) is 24.1 Å². The highest BCUT2D eigenvalue weighted by Gasteiger charge is 2.34. The second kappa shape index (κ2) is 7.47. The van der Waals surface area contributed by atoms with Crippen LogP contribution < -0.4 is 5.32 Å². The molecule has 146 valence electrons. The Balaban J connectivity index is 1.57. The van der Waals surface area contributed by atoms with Crippen molar-refractivity contribution in [2.45, 2.75) is 19.4 Å². The summed E-state index contributed by atoms with van der Waals surface area (Å²) in [6.45, 7) is 1.09. The molecule has 0 bridgehead atoms. The first-order chi connectivity index (χ1) is 13.6. The van der Waals surface area contributed by atoms with Gasteiger partial charge in [-0.1, -0.05) is 12.1 Å². The Morgan fingerprint density at radius 3 is 2.82 bits per heavy atom. The van der Waals surface area contributed by atoms with E-state index >= 15 is 0 Å². The Kier molecular flexibility index (Phi) is 4.87. The molecule has 0 unspecified atom stereocenters. The van der Waals surface area contributed by atoms with Crippen molar-refractivity contribution in [3.05, 3.63) is 47.6 Å². The number of β-amino-alcohol motifs (C(OH)–C–C–N with tert-alkyl or cyclic N) is 1. The van der Waals surface area contributed by atoms with Crippen LogP contribution in [0, 0.1) is 0 Å². The maximum absolute atomic E-state index is 12.6. The minimum absolute atomic E-state index is 0.119. The highest BCUT2D eigenvalue weighted by Crippen LogP contribution is 2.28. The molecule has 2 aliphatic rings. The van der Waals surface area contributed by atoms with Crippen molar-refractivity contribution in [3.63, 3.8) is 0 Å². The number of rotatable bonds is 6. The van der Waals surface area contributed by atoms with Gasteiger partial charge in [0.15, 0.2) is 0 Å². The Morgan fingerprint density at radius 1 is 1.32 bits per heavy atom. The van der Waals surface area contributed by atoms with Gasteiger partial charge in [-0.2, -0.15) is 0 Å². The van der Waals surface area contributed by atoms with E-state index in [9.17, 15) is 9.59 Å². The van der Waals surface area contributed by atoms with Crippen molar-refractivity contribution < 1.29 is 19.4 Å². The fourth-order valence-electron chi connectivity index (χ4n) is 3.71. The quantitative estimate of drug-likeness (QED) is 0.728. The molecule has 8 nitrogen and oxygen atoms in total. The number of esters is 1. The fourth-order valence-corrected chi connectivity index (χ4v) is 3.71. The number of aliphatic hydroxyl groups excluding tert-OH is 1. The number of nitrogens with one attached hydrogen (secondary N) is 1. The molecule has 28 heavy (non-hydrogen) atoms. The summed E-state index contributed by atoms with van der Waals surface area (Å²) in [6, 6.07) is 7.67. The van der Waals surface area contributed by atoms with Crippen molar-refractivity contribution in [1.82, 2.24) is 14.5 Å². The van der Waals surface area contributed by atoms with Crippen LogP contribution in [0.3, 0.4) is 0 Å². The Labute approximate surface area is 162 Å². The maximum atomic E-state index is 12.6. The van der Waals surface area contributed by atoms with Gasteiger partial charge in [0, 0.05) is 25.2 Å². The lowest BCUT2D eigenvalue weighted by Crippen LogP contribution is -2.31. The summed E-state index contributed by atoms with van der Waals surface area (Å²) in [5.74, 6) is 0.237. The number of ether oxygens (including phenoxy) is 1. The zero-order chi connectivity index (χ0) is 19.7. The number of aryl methyl sites for hydroxylation is 1. The predicted molar refractivity (Wildman–Crippen MR) is 102 cm³/mol. The summed E-state index contributed by atoms with van der Waals surface area (Å²) in [5.41, 5.74) is 3.28. The first-order valence-electron chi connectivity index (χ1n) is 9.26. The molecule has 0 spiro atoms. The molecule has 1 aromatic heterocycles. The van der Waals surface area contributed by atoms with E-state index in [0.717, 1.165) is 36.5 Å². The van der Waals surface area contributed by atoms with Gasteiger partial charge < -0.3 is 24.6 Å². The molecule has 0 saturated heterocycles. The van der Waals surface area contributed by atoms with Gasteiger partial charge in [-0.3, -0.25) is 4.79 Å². The maximum Gasteiger partial charge on any atom is 0.337 e. The normalized spacial score (nSPS) is 15.9. The SMILES string of the molecule is COC(=O)C1=C(Nc2ccc(-c3cnc4n3CCC4)cc2)C(=O)N(CCO)C1. The third kappa shape index (κ3) is 3.16. The van der Waals surface area contributed by atoms with Crippen LogP contribution in [0.25, 0.3) is 11.3 Å². The smallest absolute Gasteiger partial charge is 0.337 e. The van der Waals surface area contributed by atoms with Gasteiger partial charge in [-0.25, -0.2) is 9.78 Å². The van der Waals surface area contributed by atoms with Crippen LogP contribution in [0.1, 0.15) is 12.2 Å². The molecule has 1 amide bonds. The molecule has 0 atom stereocenters. The summed E-state index contributed by atoms with van der Waals surface area (Å²) in [5, 5.41) is 12.2. The number of amides is 1. The molecular weight excluding hydrogens is 360 g/mol. The fraction of sp³-hybridized carbons (Fsp3) is 0.350. The van der Waals surface area contributed by atoms with E-state index in [-0.39, 0.29) is 36.9 Å². The third-order valence-corrected chi connectivity index (χ3v) is 5.12. The second-order valence-corrected chi connectivity index (χ2v) is 6.81. The summed E-state index contributed by atoms with van der Waals surface area (Å²) in [6.07, 6.45) is 4.02. The summed E-state index contributed by atoms with van der Waals surface area (Å²) in [7, 11) is 1.28. The van der Waals surface area contributed by atoms with Crippen LogP contribution in [0.4, 0.5) is 5.69 Å². The summed E-state index contributed by atoms with van der Waals surface area (Å²) in [4.78, 5) is 30.5. The number of nitrogens with zero attached hydrogens (tertiary/aromatic N) is 3. The van der Waals surface area contributed by atoms with Crippen molar-refractivity contribution in [2.75, 3.05) is 32.1 Å². The van der Waals surface area contributed by atoms with Crippen molar-refractivity contribution >= 4 is 17.6 Å². The van der Waals surface area contributed by atoms with E-state index in [1.807, 2.05) is 30.5 Å². The molecule has 1 aromatic carbocycles. The predicted octanol–water partition coefficient (Wildman–Crippen LogP) is 1.17. The van der Waals surface area contributed by atoms with Crippen LogP contribution >= 0.6 is 0 Å². The molecule has 8 heteroatoms. The minimum atomic E-state index is -0.553. The molecule has 2 aliphatic heterocycles. The first-order valence-corrected chi connectivity index (χ1v) is 9.26. The first kappa shape index (κ1) is 18.2. The molecule has 4 rings (SSSR count). The second-order valence-electron chi connectivity index (χ2n) is 6.81. The molecule has 0 radical (unpaired) electrons.